The lowest BCUT2D eigenvalue weighted by Crippen LogP contribution is -2.04. The van der Waals surface area contributed by atoms with Gasteiger partial charge in [0.15, 0.2) is 0 Å². The molecule has 0 saturated carbocycles. The molecule has 0 N–H and O–H groups in total. The summed E-state index contributed by atoms with van der Waals surface area (Å²) in [5.41, 5.74) is 1.34. The van der Waals surface area contributed by atoms with Gasteiger partial charge in [0.25, 0.3) is 0 Å². The van der Waals surface area contributed by atoms with Gasteiger partial charge < -0.3 is 4.74 Å². The van der Waals surface area contributed by atoms with Crippen LogP contribution in [0.25, 0.3) is 0 Å². The third-order valence-corrected chi connectivity index (χ3v) is 1.64. The van der Waals surface area contributed by atoms with Crippen LogP contribution in [0.5, 0.6) is 0 Å². The second kappa shape index (κ2) is 6.89. The Balaban J connectivity index is 3.37. The normalized spacial score (nSPS) is 11.9. The van der Waals surface area contributed by atoms with Gasteiger partial charge in [-0.15, -0.1) is 0 Å². The van der Waals surface area contributed by atoms with Crippen molar-refractivity contribution in [1.82, 2.24) is 0 Å². The first-order valence-corrected chi connectivity index (χ1v) is 4.29. The van der Waals surface area contributed by atoms with Gasteiger partial charge in [0, 0.05) is 0 Å². The van der Waals surface area contributed by atoms with E-state index in [1.54, 1.807) is 0 Å². The minimum absolute atomic E-state index is 0.432. The number of carbonyl (C=O) groups excluding carboxylic acids is 1. The smallest absolute Gasteiger partial charge is 0.417 e. The number of rotatable bonds is 6. The van der Waals surface area contributed by atoms with Gasteiger partial charge in [0.1, 0.15) is 0 Å². The van der Waals surface area contributed by atoms with Crippen LogP contribution in [0.3, 0.4) is 0 Å². The number of ether oxygens (including phenoxy) is 1. The van der Waals surface area contributed by atoms with Crippen molar-refractivity contribution >= 4 is 6.47 Å². The molecule has 0 aromatic heterocycles. The van der Waals surface area contributed by atoms with E-state index in [0.717, 1.165) is 12.8 Å². The molecular weight excluding hydrogens is 152 g/mol. The Bertz CT molecular complexity index is 146. The van der Waals surface area contributed by atoms with Crippen LogP contribution >= 0.6 is 0 Å². The predicted molar refractivity (Wildman–Crippen MR) is 49.5 cm³/mol. The van der Waals surface area contributed by atoms with Crippen LogP contribution in [0.15, 0.2) is 11.6 Å². The molecule has 0 spiro atoms. The molecule has 0 bridgehead atoms. The van der Waals surface area contributed by atoms with Gasteiger partial charge in [-0.05, 0) is 32.6 Å². The van der Waals surface area contributed by atoms with Crippen molar-refractivity contribution in [3.63, 3.8) is 0 Å². The van der Waals surface area contributed by atoms with Crippen molar-refractivity contribution in [2.24, 2.45) is 5.92 Å². The van der Waals surface area contributed by atoms with Crippen molar-refractivity contribution in [3.8, 4) is 0 Å². The van der Waals surface area contributed by atoms with Crippen LogP contribution in [0.4, 0.5) is 0 Å². The predicted octanol–water partition coefficient (Wildman–Crippen LogP) is 2.45. The summed E-state index contributed by atoms with van der Waals surface area (Å²) in [6.45, 7) is 8.15. The van der Waals surface area contributed by atoms with E-state index in [4.69, 9.17) is 0 Å². The molecule has 0 aliphatic carbocycles. The molecule has 0 aromatic carbocycles. The fourth-order valence-electron chi connectivity index (χ4n) is 0.916. The maximum atomic E-state index is 9.73. The molecule has 0 fully saturated rings. The average molecular weight is 169 g/mol. The second-order valence-corrected chi connectivity index (χ2v) is 3.36. The molecule has 0 saturated heterocycles. The lowest BCUT2D eigenvalue weighted by atomic mass is 10.1. The third kappa shape index (κ3) is 7.32. The monoisotopic (exact) mass is 169 g/mol. The van der Waals surface area contributed by atoms with Crippen LogP contribution in [0, 0.1) is 5.92 Å². The molecule has 2 nitrogen and oxygen atoms in total. The maximum Gasteiger partial charge on any atom is 0.417 e. The van der Waals surface area contributed by atoms with Crippen molar-refractivity contribution in [1.29, 1.82) is 0 Å². The van der Waals surface area contributed by atoms with Crippen molar-refractivity contribution in [2.45, 2.75) is 33.6 Å². The van der Waals surface area contributed by atoms with Gasteiger partial charge in [-0.2, -0.15) is 0 Å². The fraction of sp³-hybridized carbons (Fsp3) is 0.700. The van der Waals surface area contributed by atoms with Gasteiger partial charge in [0.2, 0.25) is 0 Å². The van der Waals surface area contributed by atoms with Crippen molar-refractivity contribution in [3.05, 3.63) is 11.6 Å². The Morgan fingerprint density at radius 1 is 1.58 bits per heavy atom. The number of hydrogen-bond donors (Lipinski definition) is 0. The molecule has 69 valence electrons. The standard InChI is InChI=1S/C10H17O2/c1-9(2)5-4-6-10(3)7-12-8-11/h5,10H,4,6-7H2,1-3H3. The van der Waals surface area contributed by atoms with E-state index in [0.29, 0.717) is 12.5 Å². The highest BCUT2D eigenvalue weighted by Crippen LogP contribution is 2.07. The summed E-state index contributed by atoms with van der Waals surface area (Å²) < 4.78 is 4.53. The Morgan fingerprint density at radius 2 is 2.25 bits per heavy atom. The van der Waals surface area contributed by atoms with Gasteiger partial charge in [-0.25, -0.2) is 4.79 Å². The van der Waals surface area contributed by atoms with Crippen molar-refractivity contribution in [2.75, 3.05) is 6.61 Å². The van der Waals surface area contributed by atoms with Gasteiger partial charge >= 0.3 is 6.47 Å². The van der Waals surface area contributed by atoms with Gasteiger partial charge in [-0.3, -0.25) is 0 Å². The summed E-state index contributed by atoms with van der Waals surface area (Å²) in [6.07, 6.45) is 4.32. The van der Waals surface area contributed by atoms with E-state index in [-0.39, 0.29) is 0 Å². The number of hydrogen-bond acceptors (Lipinski definition) is 2. The van der Waals surface area contributed by atoms with Crippen LogP contribution in [-0.4, -0.2) is 13.1 Å². The number of allylic oxidation sites excluding steroid dienone is 2. The quantitative estimate of drug-likeness (QED) is 0.571. The first kappa shape index (κ1) is 11.2. The molecule has 0 rings (SSSR count). The first-order valence-electron chi connectivity index (χ1n) is 4.29. The Morgan fingerprint density at radius 3 is 2.75 bits per heavy atom. The van der Waals surface area contributed by atoms with Crippen LogP contribution in [0.2, 0.25) is 0 Å². The van der Waals surface area contributed by atoms with Gasteiger partial charge in [0.05, 0.1) is 6.61 Å². The van der Waals surface area contributed by atoms with Crippen LogP contribution in [-0.2, 0) is 9.53 Å². The lowest BCUT2D eigenvalue weighted by Gasteiger charge is -2.06. The third-order valence-electron chi connectivity index (χ3n) is 1.64. The maximum absolute atomic E-state index is 9.73. The largest absolute Gasteiger partial charge is 0.457 e. The molecule has 1 radical (unpaired) electrons. The topological polar surface area (TPSA) is 26.3 Å². The molecule has 0 aliphatic rings. The summed E-state index contributed by atoms with van der Waals surface area (Å²) in [5.74, 6) is 0.432. The molecule has 0 aromatic rings. The highest BCUT2D eigenvalue weighted by molar-refractivity contribution is 5.38. The minimum Gasteiger partial charge on any atom is -0.457 e. The molecule has 1 atom stereocenters. The molecule has 2 heteroatoms. The zero-order chi connectivity index (χ0) is 9.40. The van der Waals surface area contributed by atoms with Crippen LogP contribution < -0.4 is 0 Å². The summed E-state index contributed by atoms with van der Waals surface area (Å²) in [6, 6.07) is 0. The SMILES string of the molecule is CC(C)=CCCC(C)CO[C]=O. The first-order chi connectivity index (χ1) is 5.66. The summed E-state index contributed by atoms with van der Waals surface area (Å²) in [5, 5.41) is 0. The zero-order valence-corrected chi connectivity index (χ0v) is 8.09. The second-order valence-electron chi connectivity index (χ2n) is 3.36. The Hall–Kier alpha value is -0.790. The van der Waals surface area contributed by atoms with E-state index in [9.17, 15) is 4.79 Å². The van der Waals surface area contributed by atoms with E-state index in [1.165, 1.54) is 12.0 Å². The summed E-state index contributed by atoms with van der Waals surface area (Å²) in [4.78, 5) is 9.73. The molecule has 0 amide bonds. The van der Waals surface area contributed by atoms with E-state index in [2.05, 4.69) is 31.6 Å². The summed E-state index contributed by atoms with van der Waals surface area (Å²) in [7, 11) is 0. The zero-order valence-electron chi connectivity index (χ0n) is 8.09. The Labute approximate surface area is 74.6 Å². The van der Waals surface area contributed by atoms with Gasteiger partial charge in [-0.1, -0.05) is 18.6 Å². The molecule has 1 unspecified atom stereocenters. The highest BCUT2D eigenvalue weighted by atomic mass is 16.5. The Kier molecular flexibility index (Phi) is 6.44. The average Bonchev–Trinajstić information content (AvgIpc) is 2.00. The molecular formula is C10H17O2. The molecule has 12 heavy (non-hydrogen) atoms. The molecule has 0 heterocycles. The molecule has 0 aliphatic heterocycles. The van der Waals surface area contributed by atoms with Crippen molar-refractivity contribution < 1.29 is 9.53 Å². The van der Waals surface area contributed by atoms with E-state index < -0.39 is 0 Å². The lowest BCUT2D eigenvalue weighted by molar-refractivity contribution is 0.226. The van der Waals surface area contributed by atoms with E-state index in [1.807, 2.05) is 0 Å². The highest BCUT2D eigenvalue weighted by Gasteiger charge is 2.00. The summed E-state index contributed by atoms with van der Waals surface area (Å²) >= 11 is 0. The van der Waals surface area contributed by atoms with Crippen LogP contribution in [0.1, 0.15) is 33.6 Å². The van der Waals surface area contributed by atoms with E-state index >= 15 is 0 Å². The minimum atomic E-state index is 0.432. The fourth-order valence-corrected chi connectivity index (χ4v) is 0.916.